The normalized spacial score (nSPS) is 22.8. The van der Waals surface area contributed by atoms with E-state index in [1.54, 1.807) is 16.2 Å². The highest BCUT2D eigenvalue weighted by atomic mass is 32.1. The molecule has 6 nitrogen and oxygen atoms in total. The van der Waals surface area contributed by atoms with Gasteiger partial charge in [0, 0.05) is 12.5 Å². The van der Waals surface area contributed by atoms with Crippen molar-refractivity contribution in [2.45, 2.75) is 72.4 Å². The van der Waals surface area contributed by atoms with E-state index in [2.05, 4.69) is 43.2 Å². The van der Waals surface area contributed by atoms with Gasteiger partial charge in [-0.2, -0.15) is 0 Å². The average molecular weight is 446 g/mol. The molecule has 1 saturated heterocycles. The first-order chi connectivity index (χ1) is 14.5. The van der Waals surface area contributed by atoms with Crippen molar-refractivity contribution in [1.29, 1.82) is 0 Å². The Morgan fingerprint density at radius 1 is 1.26 bits per heavy atom. The number of thiazole rings is 1. The zero-order valence-corrected chi connectivity index (χ0v) is 20.1. The number of amides is 1. The number of aliphatic hydroxyl groups excluding tert-OH is 2. The van der Waals surface area contributed by atoms with E-state index in [0.29, 0.717) is 13.0 Å². The van der Waals surface area contributed by atoms with E-state index in [-0.39, 0.29) is 23.3 Å². The molecule has 170 valence electrons. The molecule has 7 heteroatoms. The van der Waals surface area contributed by atoms with E-state index < -0.39 is 18.4 Å². The van der Waals surface area contributed by atoms with Crippen LogP contribution in [0.25, 0.3) is 10.4 Å². The molecule has 1 aliphatic heterocycles. The van der Waals surface area contributed by atoms with Crippen molar-refractivity contribution in [2.24, 2.45) is 11.3 Å². The number of β-amino-alcohol motifs (C(OH)–C–C–N with tert-alkyl or cyclic N) is 1. The molecule has 3 N–H and O–H groups in total. The van der Waals surface area contributed by atoms with Crippen LogP contribution >= 0.6 is 11.3 Å². The lowest BCUT2D eigenvalue weighted by Crippen LogP contribution is -2.52. The molecule has 0 bridgehead atoms. The van der Waals surface area contributed by atoms with E-state index in [0.717, 1.165) is 21.7 Å². The Bertz CT molecular complexity index is 890. The highest BCUT2D eigenvalue weighted by Crippen LogP contribution is 2.33. The number of nitrogens with one attached hydrogen (secondary N) is 1. The van der Waals surface area contributed by atoms with Gasteiger partial charge in [0.2, 0.25) is 5.91 Å². The quantitative estimate of drug-likeness (QED) is 0.631. The molecule has 1 aromatic carbocycles. The minimum atomic E-state index is -0.787. The summed E-state index contributed by atoms with van der Waals surface area (Å²) in [7, 11) is 0. The van der Waals surface area contributed by atoms with Crippen LogP contribution in [0.1, 0.15) is 58.3 Å². The molecule has 0 aliphatic carbocycles. The molecule has 3 rings (SSSR count). The summed E-state index contributed by atoms with van der Waals surface area (Å²) in [5.41, 5.74) is 4.87. The van der Waals surface area contributed by atoms with Crippen LogP contribution < -0.4 is 5.32 Å². The first-order valence-electron chi connectivity index (χ1n) is 10.9. The van der Waals surface area contributed by atoms with Crippen LogP contribution in [0.5, 0.6) is 0 Å². The second-order valence-electron chi connectivity index (χ2n) is 9.79. The smallest absolute Gasteiger partial charge is 0.238 e. The van der Waals surface area contributed by atoms with Gasteiger partial charge in [0.15, 0.2) is 0 Å². The average Bonchev–Trinajstić information content (AvgIpc) is 3.31. The molecule has 0 saturated carbocycles. The molecule has 1 aliphatic rings. The van der Waals surface area contributed by atoms with Crippen LogP contribution in [0.4, 0.5) is 0 Å². The van der Waals surface area contributed by atoms with E-state index >= 15 is 0 Å². The summed E-state index contributed by atoms with van der Waals surface area (Å²) in [4.78, 5) is 20.3. The van der Waals surface area contributed by atoms with Gasteiger partial charge >= 0.3 is 0 Å². The largest absolute Gasteiger partial charge is 0.392 e. The number of hydrogen-bond donors (Lipinski definition) is 3. The number of aliphatic hydroxyl groups is 2. The van der Waals surface area contributed by atoms with Gasteiger partial charge in [-0.1, -0.05) is 52.0 Å². The molecule has 1 unspecified atom stereocenters. The molecule has 1 fully saturated rings. The Kier molecular flexibility index (Phi) is 7.21. The molecule has 5 atom stereocenters. The number of carbonyl (C=O) groups is 1. The summed E-state index contributed by atoms with van der Waals surface area (Å²) in [5.74, 6) is -0.208. The lowest BCUT2D eigenvalue weighted by Gasteiger charge is -2.38. The third-order valence-electron chi connectivity index (χ3n) is 6.55. The SMILES string of the molecule is Cc1ncsc1-c1ccc([C@H](C)NC(=O)[C@@H]2C[C@@H](O)CN2C(O)[C@@H](C)C(C)(C)C)cc1. The number of benzene rings is 1. The Labute approximate surface area is 189 Å². The van der Waals surface area contributed by atoms with Crippen LogP contribution in [-0.4, -0.2) is 50.9 Å². The molecule has 1 amide bonds. The zero-order valence-electron chi connectivity index (χ0n) is 19.3. The van der Waals surface area contributed by atoms with Crippen molar-refractivity contribution in [1.82, 2.24) is 15.2 Å². The molecule has 2 heterocycles. The van der Waals surface area contributed by atoms with Crippen molar-refractivity contribution in [3.63, 3.8) is 0 Å². The summed E-state index contributed by atoms with van der Waals surface area (Å²) >= 11 is 1.62. The molecular formula is C24H35N3O3S. The number of nitrogens with zero attached hydrogens (tertiary/aromatic N) is 2. The minimum absolute atomic E-state index is 0.0479. The van der Waals surface area contributed by atoms with Crippen LogP contribution in [0.2, 0.25) is 0 Å². The van der Waals surface area contributed by atoms with Gasteiger partial charge in [-0.25, -0.2) is 4.98 Å². The lowest BCUT2D eigenvalue weighted by molar-refractivity contribution is -0.134. The Morgan fingerprint density at radius 2 is 1.90 bits per heavy atom. The van der Waals surface area contributed by atoms with Crippen LogP contribution in [0.15, 0.2) is 29.8 Å². The number of aromatic nitrogens is 1. The number of likely N-dealkylation sites (tertiary alicyclic amines) is 1. The molecule has 0 radical (unpaired) electrons. The summed E-state index contributed by atoms with van der Waals surface area (Å²) in [5, 5.41) is 24.2. The van der Waals surface area contributed by atoms with E-state index in [9.17, 15) is 15.0 Å². The van der Waals surface area contributed by atoms with Gasteiger partial charge in [0.05, 0.1) is 34.3 Å². The Hall–Kier alpha value is -1.80. The summed E-state index contributed by atoms with van der Waals surface area (Å²) in [6.07, 6.45) is -1.07. The fourth-order valence-corrected chi connectivity index (χ4v) is 4.83. The molecule has 2 aromatic rings. The number of rotatable bonds is 6. The zero-order chi connectivity index (χ0) is 22.9. The predicted molar refractivity (Wildman–Crippen MR) is 125 cm³/mol. The molecule has 31 heavy (non-hydrogen) atoms. The second kappa shape index (κ2) is 9.36. The van der Waals surface area contributed by atoms with Gasteiger partial charge in [-0.05, 0) is 36.8 Å². The van der Waals surface area contributed by atoms with Crippen molar-refractivity contribution >= 4 is 17.2 Å². The number of carbonyl (C=O) groups excluding carboxylic acids is 1. The monoisotopic (exact) mass is 445 g/mol. The first kappa shape index (κ1) is 23.9. The highest BCUT2D eigenvalue weighted by Gasteiger charge is 2.43. The molecular weight excluding hydrogens is 410 g/mol. The number of aryl methyl sites for hydroxylation is 1. The van der Waals surface area contributed by atoms with Crippen molar-refractivity contribution in [3.05, 3.63) is 41.0 Å². The summed E-state index contributed by atoms with van der Waals surface area (Å²) in [6.45, 7) is 12.5. The summed E-state index contributed by atoms with van der Waals surface area (Å²) < 4.78 is 0. The van der Waals surface area contributed by atoms with Gasteiger partial charge in [0.25, 0.3) is 0 Å². The van der Waals surface area contributed by atoms with Gasteiger partial charge in [-0.3, -0.25) is 9.69 Å². The third-order valence-corrected chi connectivity index (χ3v) is 7.53. The molecule has 0 spiro atoms. The maximum atomic E-state index is 13.1. The fourth-order valence-electron chi connectivity index (χ4n) is 4.02. The van der Waals surface area contributed by atoms with Crippen molar-refractivity contribution < 1.29 is 15.0 Å². The Balaban J connectivity index is 1.68. The maximum Gasteiger partial charge on any atom is 0.238 e. The highest BCUT2D eigenvalue weighted by molar-refractivity contribution is 7.13. The van der Waals surface area contributed by atoms with Crippen LogP contribution in [0.3, 0.4) is 0 Å². The van der Waals surface area contributed by atoms with Gasteiger partial charge in [0.1, 0.15) is 6.23 Å². The van der Waals surface area contributed by atoms with Crippen LogP contribution in [-0.2, 0) is 4.79 Å². The fraction of sp³-hybridized carbons (Fsp3) is 0.583. The minimum Gasteiger partial charge on any atom is -0.392 e. The van der Waals surface area contributed by atoms with Crippen LogP contribution in [0, 0.1) is 18.3 Å². The van der Waals surface area contributed by atoms with E-state index in [1.807, 2.05) is 38.4 Å². The lowest BCUT2D eigenvalue weighted by atomic mass is 9.80. The van der Waals surface area contributed by atoms with Crippen molar-refractivity contribution in [2.75, 3.05) is 6.54 Å². The van der Waals surface area contributed by atoms with Gasteiger partial charge < -0.3 is 15.5 Å². The second-order valence-corrected chi connectivity index (χ2v) is 10.6. The van der Waals surface area contributed by atoms with Gasteiger partial charge in [-0.15, -0.1) is 11.3 Å². The maximum absolute atomic E-state index is 13.1. The van der Waals surface area contributed by atoms with E-state index in [4.69, 9.17) is 0 Å². The summed E-state index contributed by atoms with van der Waals surface area (Å²) in [6, 6.07) is 7.43. The van der Waals surface area contributed by atoms with Crippen molar-refractivity contribution in [3.8, 4) is 10.4 Å². The first-order valence-corrected chi connectivity index (χ1v) is 11.8. The number of hydrogen-bond acceptors (Lipinski definition) is 6. The predicted octanol–water partition coefficient (Wildman–Crippen LogP) is 3.73. The van der Waals surface area contributed by atoms with E-state index in [1.165, 1.54) is 0 Å². The molecule has 1 aromatic heterocycles. The Morgan fingerprint density at radius 3 is 2.45 bits per heavy atom. The standard InChI is InChI=1S/C24H35N3O3S/c1-14(24(4,5)6)23(30)27-12-19(28)11-20(27)22(29)26-15(2)17-7-9-18(10-8-17)21-16(3)25-13-31-21/h7-10,13-15,19-20,23,28,30H,11-12H2,1-6H3,(H,26,29)/t14-,15+,19-,20+,23?/m1/s1. The third kappa shape index (κ3) is 5.34. The topological polar surface area (TPSA) is 85.7 Å².